The Balaban J connectivity index is 1.43. The molecule has 30 heavy (non-hydrogen) atoms. The first-order chi connectivity index (χ1) is 14.4. The summed E-state index contributed by atoms with van der Waals surface area (Å²) in [6.45, 7) is 0.157. The third-order valence-corrected chi connectivity index (χ3v) is 5.71. The number of carbonyl (C=O) groups excluding carboxylic acids is 1. The fraction of sp³-hybridized carbons (Fsp3) is 0.250. The molecule has 1 aliphatic rings. The van der Waals surface area contributed by atoms with Gasteiger partial charge >= 0.3 is 0 Å². The lowest BCUT2D eigenvalue weighted by atomic mass is 10.1. The van der Waals surface area contributed by atoms with Crippen molar-refractivity contribution < 1.29 is 23.8 Å². The molecule has 156 valence electrons. The van der Waals surface area contributed by atoms with Crippen molar-refractivity contribution in [3.8, 4) is 0 Å². The summed E-state index contributed by atoms with van der Waals surface area (Å²) in [6.07, 6.45) is 2.22. The summed E-state index contributed by atoms with van der Waals surface area (Å²) in [7, 11) is 0. The van der Waals surface area contributed by atoms with Crippen LogP contribution in [-0.2, 0) is 4.79 Å². The SMILES string of the molecule is O=C(Nc1nc2ccc(F)cc2s1)C1=CCN(c2ncc(C(O)CO)cc2F)CC1. The number of aromatic nitrogens is 2. The van der Waals surface area contributed by atoms with E-state index in [2.05, 4.69) is 15.3 Å². The van der Waals surface area contributed by atoms with Gasteiger partial charge in [0.15, 0.2) is 16.8 Å². The number of rotatable bonds is 5. The summed E-state index contributed by atoms with van der Waals surface area (Å²) >= 11 is 1.19. The highest BCUT2D eigenvalue weighted by Gasteiger charge is 2.22. The van der Waals surface area contributed by atoms with Gasteiger partial charge in [-0.2, -0.15) is 0 Å². The highest BCUT2D eigenvalue weighted by atomic mass is 32.1. The summed E-state index contributed by atoms with van der Waals surface area (Å²) in [5.74, 6) is -1.15. The van der Waals surface area contributed by atoms with E-state index in [1.165, 1.54) is 29.7 Å². The van der Waals surface area contributed by atoms with Gasteiger partial charge in [-0.15, -0.1) is 0 Å². The Morgan fingerprint density at radius 1 is 1.33 bits per heavy atom. The zero-order valence-corrected chi connectivity index (χ0v) is 16.5. The van der Waals surface area contributed by atoms with E-state index in [0.717, 1.165) is 6.07 Å². The number of aliphatic hydroxyl groups is 2. The van der Waals surface area contributed by atoms with Gasteiger partial charge in [-0.3, -0.25) is 10.1 Å². The zero-order chi connectivity index (χ0) is 21.3. The Morgan fingerprint density at radius 2 is 2.17 bits per heavy atom. The quantitative estimate of drug-likeness (QED) is 0.574. The predicted molar refractivity (Wildman–Crippen MR) is 109 cm³/mol. The molecule has 3 heterocycles. The summed E-state index contributed by atoms with van der Waals surface area (Å²) in [5.41, 5.74) is 1.35. The van der Waals surface area contributed by atoms with Gasteiger partial charge < -0.3 is 15.1 Å². The number of anilines is 2. The molecular weight excluding hydrogens is 414 g/mol. The van der Waals surface area contributed by atoms with Crippen LogP contribution in [0, 0.1) is 11.6 Å². The molecule has 10 heteroatoms. The largest absolute Gasteiger partial charge is 0.393 e. The molecule has 0 bridgehead atoms. The molecule has 0 saturated carbocycles. The van der Waals surface area contributed by atoms with Crippen molar-refractivity contribution in [1.82, 2.24) is 9.97 Å². The smallest absolute Gasteiger partial charge is 0.253 e. The van der Waals surface area contributed by atoms with Crippen LogP contribution in [0.2, 0.25) is 0 Å². The van der Waals surface area contributed by atoms with E-state index in [4.69, 9.17) is 5.11 Å². The highest BCUT2D eigenvalue weighted by Crippen LogP contribution is 2.28. The van der Waals surface area contributed by atoms with Crippen LogP contribution in [-0.4, -0.2) is 45.8 Å². The Labute approximate surface area is 174 Å². The first-order valence-electron chi connectivity index (χ1n) is 9.20. The molecule has 1 atom stereocenters. The number of fused-ring (bicyclic) bond motifs is 1. The number of nitrogens with zero attached hydrogens (tertiary/aromatic N) is 3. The van der Waals surface area contributed by atoms with E-state index >= 15 is 0 Å². The normalized spacial score (nSPS) is 15.2. The standard InChI is InChI=1S/C20H18F2N4O3S/c21-13-1-2-15-17(8-13)30-20(24-15)25-19(29)11-3-5-26(6-4-11)18-14(22)7-12(9-23-18)16(28)10-27/h1-3,7-9,16,27-28H,4-6,10H2,(H,24,25,29). The first-order valence-corrected chi connectivity index (χ1v) is 10.0. The third kappa shape index (κ3) is 4.16. The molecule has 7 nitrogen and oxygen atoms in total. The van der Waals surface area contributed by atoms with Crippen LogP contribution in [0.1, 0.15) is 18.1 Å². The Morgan fingerprint density at radius 3 is 2.87 bits per heavy atom. The highest BCUT2D eigenvalue weighted by molar-refractivity contribution is 7.22. The second kappa shape index (κ2) is 8.42. The maximum Gasteiger partial charge on any atom is 0.253 e. The second-order valence-electron chi connectivity index (χ2n) is 6.78. The molecular formula is C20H18F2N4O3S. The van der Waals surface area contributed by atoms with Gasteiger partial charge in [-0.1, -0.05) is 17.4 Å². The van der Waals surface area contributed by atoms with Crippen LogP contribution in [0.15, 0.2) is 42.1 Å². The fourth-order valence-electron chi connectivity index (χ4n) is 3.16. The number of nitrogens with one attached hydrogen (secondary N) is 1. The van der Waals surface area contributed by atoms with Gasteiger partial charge in [0.25, 0.3) is 5.91 Å². The Kier molecular flexibility index (Phi) is 5.71. The van der Waals surface area contributed by atoms with Gasteiger partial charge in [0.05, 0.1) is 16.8 Å². The topological polar surface area (TPSA) is 98.6 Å². The summed E-state index contributed by atoms with van der Waals surface area (Å²) < 4.78 is 28.3. The number of carbonyl (C=O) groups is 1. The number of hydrogen-bond acceptors (Lipinski definition) is 7. The lowest BCUT2D eigenvalue weighted by molar-refractivity contribution is -0.113. The molecule has 0 spiro atoms. The zero-order valence-electron chi connectivity index (χ0n) is 15.7. The number of amides is 1. The minimum atomic E-state index is -1.18. The van der Waals surface area contributed by atoms with Crippen LogP contribution < -0.4 is 10.2 Å². The summed E-state index contributed by atoms with van der Waals surface area (Å²) in [4.78, 5) is 22.5. The molecule has 0 fully saturated rings. The number of aliphatic hydroxyl groups excluding tert-OH is 2. The maximum absolute atomic E-state index is 14.4. The molecule has 1 unspecified atom stereocenters. The van der Waals surface area contributed by atoms with Crippen molar-refractivity contribution in [1.29, 1.82) is 0 Å². The van der Waals surface area contributed by atoms with Gasteiger partial charge in [0.2, 0.25) is 0 Å². The molecule has 1 aliphatic heterocycles. The van der Waals surface area contributed by atoms with Crippen molar-refractivity contribution in [2.45, 2.75) is 12.5 Å². The third-order valence-electron chi connectivity index (χ3n) is 4.77. The molecule has 0 saturated heterocycles. The van der Waals surface area contributed by atoms with Crippen molar-refractivity contribution >= 4 is 38.4 Å². The van der Waals surface area contributed by atoms with Crippen molar-refractivity contribution in [3.63, 3.8) is 0 Å². The van der Waals surface area contributed by atoms with Gasteiger partial charge in [0.1, 0.15) is 11.9 Å². The first kappa shape index (κ1) is 20.3. The minimum absolute atomic E-state index is 0.118. The van der Waals surface area contributed by atoms with Crippen molar-refractivity contribution in [3.05, 3.63) is 59.3 Å². The van der Waals surface area contributed by atoms with Crippen LogP contribution in [0.4, 0.5) is 19.7 Å². The number of hydrogen-bond donors (Lipinski definition) is 3. The van der Waals surface area contributed by atoms with Crippen LogP contribution in [0.25, 0.3) is 10.2 Å². The number of thiazole rings is 1. The van der Waals surface area contributed by atoms with E-state index in [9.17, 15) is 18.7 Å². The van der Waals surface area contributed by atoms with Gasteiger partial charge in [-0.25, -0.2) is 18.7 Å². The number of halogens is 2. The molecule has 0 aliphatic carbocycles. The maximum atomic E-state index is 14.4. The van der Waals surface area contributed by atoms with Gasteiger partial charge in [0, 0.05) is 30.4 Å². The van der Waals surface area contributed by atoms with Crippen LogP contribution in [0.5, 0.6) is 0 Å². The van der Waals surface area contributed by atoms with Crippen LogP contribution >= 0.6 is 11.3 Å². The van der Waals surface area contributed by atoms with Crippen molar-refractivity contribution in [2.24, 2.45) is 0 Å². The molecule has 2 aromatic heterocycles. The average molecular weight is 432 g/mol. The number of pyridine rings is 1. The molecule has 3 N–H and O–H groups in total. The summed E-state index contributed by atoms with van der Waals surface area (Å²) in [5, 5.41) is 21.7. The Bertz CT molecular complexity index is 1130. The van der Waals surface area contributed by atoms with E-state index in [0.29, 0.717) is 40.4 Å². The molecule has 3 aromatic rings. The van der Waals surface area contributed by atoms with Crippen molar-refractivity contribution in [2.75, 3.05) is 29.9 Å². The minimum Gasteiger partial charge on any atom is -0.393 e. The van der Waals surface area contributed by atoms with Crippen LogP contribution in [0.3, 0.4) is 0 Å². The fourth-order valence-corrected chi connectivity index (χ4v) is 4.05. The van der Waals surface area contributed by atoms with E-state index in [-0.39, 0.29) is 23.1 Å². The lowest BCUT2D eigenvalue weighted by Crippen LogP contribution is -2.32. The number of benzene rings is 1. The monoisotopic (exact) mass is 432 g/mol. The lowest BCUT2D eigenvalue weighted by Gasteiger charge is -2.27. The molecule has 1 aromatic carbocycles. The van der Waals surface area contributed by atoms with Gasteiger partial charge in [-0.05, 0) is 30.7 Å². The van der Waals surface area contributed by atoms with E-state index in [1.54, 1.807) is 17.0 Å². The van der Waals surface area contributed by atoms with E-state index in [1.807, 2.05) is 0 Å². The second-order valence-corrected chi connectivity index (χ2v) is 7.81. The predicted octanol–water partition coefficient (Wildman–Crippen LogP) is 2.77. The molecule has 4 rings (SSSR count). The Hall–Kier alpha value is -2.95. The van der Waals surface area contributed by atoms with E-state index < -0.39 is 18.5 Å². The molecule has 0 radical (unpaired) electrons. The summed E-state index contributed by atoms with van der Waals surface area (Å²) in [6, 6.07) is 5.38. The average Bonchev–Trinajstić information content (AvgIpc) is 3.14. The molecule has 1 amide bonds.